The number of carbonyl (C=O) groups excluding carboxylic acids is 1. The summed E-state index contributed by atoms with van der Waals surface area (Å²) in [5.74, 6) is 0.529. The van der Waals surface area contributed by atoms with Crippen LogP contribution in [-0.4, -0.2) is 30.9 Å². The fraction of sp³-hybridized carbons (Fsp3) is 0.226. The highest BCUT2D eigenvalue weighted by molar-refractivity contribution is 9.10. The molecule has 7 heteroatoms. The van der Waals surface area contributed by atoms with E-state index in [-0.39, 0.29) is 17.4 Å². The van der Waals surface area contributed by atoms with Gasteiger partial charge < -0.3 is 14.6 Å². The number of allylic oxidation sites excluding steroid dienone is 2. The van der Waals surface area contributed by atoms with Crippen LogP contribution < -0.4 is 14.4 Å². The molecule has 3 aromatic rings. The number of Topliss-reactive ketones (excluding diaryl/α,β-unsaturated/α-hetero) is 1. The Bertz CT molecular complexity index is 1470. The van der Waals surface area contributed by atoms with Gasteiger partial charge in [0.15, 0.2) is 5.78 Å². The Kier molecular flexibility index (Phi) is 7.13. The highest BCUT2D eigenvalue weighted by atomic mass is 79.9. The molecule has 38 heavy (non-hydrogen) atoms. The Morgan fingerprint density at radius 2 is 1.71 bits per heavy atom. The van der Waals surface area contributed by atoms with Crippen LogP contribution in [-0.2, 0) is 4.79 Å². The van der Waals surface area contributed by atoms with E-state index in [0.717, 1.165) is 21.4 Å². The number of carbonyl (C=O) groups is 1. The molecule has 0 saturated heterocycles. The van der Waals surface area contributed by atoms with Crippen molar-refractivity contribution in [2.45, 2.75) is 32.1 Å². The predicted octanol–water partition coefficient (Wildman–Crippen LogP) is 7.33. The number of aliphatic hydroxyl groups excluding tert-OH is 1. The van der Waals surface area contributed by atoms with E-state index in [4.69, 9.17) is 9.47 Å². The molecule has 2 aliphatic rings. The van der Waals surface area contributed by atoms with Crippen LogP contribution in [0.4, 0.5) is 5.69 Å². The van der Waals surface area contributed by atoms with E-state index < -0.39 is 5.92 Å². The van der Waals surface area contributed by atoms with Crippen LogP contribution in [0, 0.1) is 12.3 Å². The summed E-state index contributed by atoms with van der Waals surface area (Å²) < 4.78 is 12.2. The number of rotatable bonds is 5. The zero-order valence-corrected chi connectivity index (χ0v) is 23.1. The van der Waals surface area contributed by atoms with Crippen molar-refractivity contribution in [1.29, 1.82) is 5.41 Å². The van der Waals surface area contributed by atoms with Crippen molar-refractivity contribution in [3.05, 3.63) is 105 Å². The molecule has 1 aliphatic heterocycles. The second-order valence-corrected chi connectivity index (χ2v) is 10.4. The summed E-state index contributed by atoms with van der Waals surface area (Å²) in [6.07, 6.45) is 1.74. The number of nitrogens with one attached hydrogen (secondary N) is 1. The van der Waals surface area contributed by atoms with Gasteiger partial charge in [-0.25, -0.2) is 0 Å². The van der Waals surface area contributed by atoms with Crippen molar-refractivity contribution < 1.29 is 19.4 Å². The molecule has 5 rings (SSSR count). The van der Waals surface area contributed by atoms with Crippen molar-refractivity contribution in [3.8, 4) is 11.5 Å². The van der Waals surface area contributed by atoms with Gasteiger partial charge in [0.05, 0.1) is 20.1 Å². The summed E-state index contributed by atoms with van der Waals surface area (Å²) in [4.78, 5) is 15.5. The Morgan fingerprint density at radius 1 is 1.00 bits per heavy atom. The minimum Gasteiger partial charge on any atom is -0.507 e. The minimum absolute atomic E-state index is 0.00457. The lowest BCUT2D eigenvalue weighted by atomic mass is 9.73. The number of ketones is 1. The van der Waals surface area contributed by atoms with Crippen LogP contribution in [0.15, 0.2) is 88.0 Å². The summed E-state index contributed by atoms with van der Waals surface area (Å²) in [6.45, 7) is 1.98. The first kappa shape index (κ1) is 25.8. The SMILES string of the molecule is COc1ccc(OC)c([C@@H]2C(=C(O)c3ccc(C)cc3)C(=N)N(c3ccc(Br)cc3)C3=C2C(=O)CCC3)c1. The van der Waals surface area contributed by atoms with Gasteiger partial charge >= 0.3 is 0 Å². The van der Waals surface area contributed by atoms with Crippen LogP contribution in [0.5, 0.6) is 11.5 Å². The summed E-state index contributed by atoms with van der Waals surface area (Å²) in [6, 6.07) is 20.6. The molecule has 0 radical (unpaired) electrons. The van der Waals surface area contributed by atoms with E-state index in [9.17, 15) is 15.3 Å². The van der Waals surface area contributed by atoms with E-state index in [1.807, 2.05) is 66.4 Å². The van der Waals surface area contributed by atoms with Crippen LogP contribution >= 0.6 is 15.9 Å². The number of benzene rings is 3. The molecule has 0 aromatic heterocycles. The Morgan fingerprint density at radius 3 is 2.37 bits per heavy atom. The maximum Gasteiger partial charge on any atom is 0.161 e. The Balaban J connectivity index is 1.86. The second kappa shape index (κ2) is 10.5. The molecule has 0 saturated carbocycles. The number of halogens is 1. The quantitative estimate of drug-likeness (QED) is 0.313. The fourth-order valence-electron chi connectivity index (χ4n) is 5.31. The summed E-state index contributed by atoms with van der Waals surface area (Å²) >= 11 is 3.49. The van der Waals surface area contributed by atoms with E-state index in [1.54, 1.807) is 26.4 Å². The minimum atomic E-state index is -0.705. The summed E-state index contributed by atoms with van der Waals surface area (Å²) in [5.41, 5.74) is 4.76. The van der Waals surface area contributed by atoms with Gasteiger partial charge in [-0.2, -0.15) is 0 Å². The molecule has 0 bridgehead atoms. The van der Waals surface area contributed by atoms with Crippen LogP contribution in [0.3, 0.4) is 0 Å². The van der Waals surface area contributed by atoms with Gasteiger partial charge in [0, 0.05) is 44.6 Å². The van der Waals surface area contributed by atoms with E-state index in [1.165, 1.54) is 0 Å². The molecular formula is C31H29BrN2O4. The molecule has 0 unspecified atom stereocenters. The molecule has 1 aliphatic carbocycles. The highest BCUT2D eigenvalue weighted by Crippen LogP contribution is 2.50. The first-order chi connectivity index (χ1) is 18.3. The van der Waals surface area contributed by atoms with Crippen LogP contribution in [0.2, 0.25) is 0 Å². The predicted molar refractivity (Wildman–Crippen MR) is 153 cm³/mol. The van der Waals surface area contributed by atoms with Gasteiger partial charge in [0.1, 0.15) is 23.1 Å². The van der Waals surface area contributed by atoms with Gasteiger partial charge in [-0.15, -0.1) is 0 Å². The first-order valence-electron chi connectivity index (χ1n) is 12.5. The molecular weight excluding hydrogens is 544 g/mol. The van der Waals surface area contributed by atoms with Crippen molar-refractivity contribution >= 4 is 39.0 Å². The van der Waals surface area contributed by atoms with Gasteiger partial charge in [-0.05, 0) is 62.2 Å². The first-order valence-corrected chi connectivity index (χ1v) is 13.3. The molecule has 0 fully saturated rings. The largest absolute Gasteiger partial charge is 0.507 e. The number of hydrogen-bond acceptors (Lipinski definition) is 5. The maximum absolute atomic E-state index is 13.7. The molecule has 6 nitrogen and oxygen atoms in total. The standard InChI is InChI=1S/C31H29BrN2O4/c1-18-7-9-19(10-8-18)30(36)29-27(23-17-22(37-2)15-16-26(23)38-3)28-24(5-4-6-25(28)35)34(31(29)33)21-13-11-20(32)12-14-21/h7-17,27,33,36H,4-6H2,1-3H3/t27-/m0/s1. The number of aryl methyl sites for hydroxylation is 1. The van der Waals surface area contributed by atoms with Gasteiger partial charge in [-0.1, -0.05) is 45.8 Å². The van der Waals surface area contributed by atoms with E-state index >= 15 is 0 Å². The normalized spacial score (nSPS) is 18.8. The molecule has 1 heterocycles. The number of ether oxygens (including phenoxy) is 2. The monoisotopic (exact) mass is 572 g/mol. The third-order valence-corrected chi connectivity index (χ3v) is 7.70. The molecule has 3 aromatic carbocycles. The van der Waals surface area contributed by atoms with Crippen molar-refractivity contribution in [2.75, 3.05) is 19.1 Å². The average molecular weight is 573 g/mol. The lowest BCUT2D eigenvalue weighted by Gasteiger charge is -2.42. The molecule has 0 spiro atoms. The smallest absolute Gasteiger partial charge is 0.161 e. The van der Waals surface area contributed by atoms with Gasteiger partial charge in [0.25, 0.3) is 0 Å². The summed E-state index contributed by atoms with van der Waals surface area (Å²) in [5, 5.41) is 21.3. The lowest BCUT2D eigenvalue weighted by molar-refractivity contribution is -0.116. The Labute approximate surface area is 230 Å². The number of aliphatic hydroxyl groups is 1. The van der Waals surface area contributed by atoms with Crippen molar-refractivity contribution in [3.63, 3.8) is 0 Å². The molecule has 1 atom stereocenters. The zero-order valence-electron chi connectivity index (χ0n) is 21.5. The van der Waals surface area contributed by atoms with Crippen LogP contribution in [0.1, 0.15) is 41.9 Å². The fourth-order valence-corrected chi connectivity index (χ4v) is 5.57. The van der Waals surface area contributed by atoms with Gasteiger partial charge in [-0.3, -0.25) is 15.1 Å². The maximum atomic E-state index is 13.7. The molecule has 0 amide bonds. The number of anilines is 1. The lowest BCUT2D eigenvalue weighted by Crippen LogP contribution is -2.42. The summed E-state index contributed by atoms with van der Waals surface area (Å²) in [7, 11) is 3.16. The average Bonchev–Trinajstić information content (AvgIpc) is 2.93. The molecule has 194 valence electrons. The van der Waals surface area contributed by atoms with Gasteiger partial charge in [0.2, 0.25) is 0 Å². The third-order valence-electron chi connectivity index (χ3n) is 7.17. The van der Waals surface area contributed by atoms with Crippen molar-refractivity contribution in [1.82, 2.24) is 0 Å². The number of amidine groups is 1. The van der Waals surface area contributed by atoms with E-state index in [0.29, 0.717) is 53.0 Å². The van der Waals surface area contributed by atoms with Crippen molar-refractivity contribution in [2.24, 2.45) is 0 Å². The second-order valence-electron chi connectivity index (χ2n) is 9.47. The number of hydrogen-bond donors (Lipinski definition) is 2. The number of methoxy groups -OCH3 is 2. The zero-order chi connectivity index (χ0) is 27.0. The van der Waals surface area contributed by atoms with Crippen LogP contribution in [0.25, 0.3) is 5.76 Å². The molecule has 2 N–H and O–H groups in total. The third kappa shape index (κ3) is 4.52. The highest BCUT2D eigenvalue weighted by Gasteiger charge is 2.44. The topological polar surface area (TPSA) is 82.8 Å². The van der Waals surface area contributed by atoms with E-state index in [2.05, 4.69) is 15.9 Å². The Hall–Kier alpha value is -3.84. The number of nitrogens with zero attached hydrogens (tertiary/aromatic N) is 1.